The van der Waals surface area contributed by atoms with Crippen molar-refractivity contribution < 1.29 is 24.3 Å². The van der Waals surface area contributed by atoms with Crippen molar-refractivity contribution in [2.75, 3.05) is 13.1 Å². The van der Waals surface area contributed by atoms with E-state index < -0.39 is 17.9 Å². The molecule has 1 rings (SSSR count). The highest BCUT2D eigenvalue weighted by Gasteiger charge is 2.27. The second-order valence-electron chi connectivity index (χ2n) is 4.38. The number of nitrogens with one attached hydrogen (secondary N) is 2. The van der Waals surface area contributed by atoms with Crippen LogP contribution in [0.15, 0.2) is 0 Å². The van der Waals surface area contributed by atoms with E-state index in [-0.39, 0.29) is 24.8 Å². The summed E-state index contributed by atoms with van der Waals surface area (Å²) in [6.07, 6.45) is 0.0913. The van der Waals surface area contributed by atoms with Gasteiger partial charge in [0.05, 0.1) is 6.42 Å². The highest BCUT2D eigenvalue weighted by atomic mass is 16.4. The molecule has 0 saturated carbocycles. The minimum atomic E-state index is -1.09. The van der Waals surface area contributed by atoms with E-state index in [0.29, 0.717) is 19.5 Å². The number of hydrogen-bond acceptors (Lipinski definition) is 4. The van der Waals surface area contributed by atoms with Gasteiger partial charge < -0.3 is 15.3 Å². The average molecular weight is 271 g/mol. The van der Waals surface area contributed by atoms with Crippen molar-refractivity contribution in [1.29, 1.82) is 0 Å². The fourth-order valence-corrected chi connectivity index (χ4v) is 1.83. The summed E-state index contributed by atoms with van der Waals surface area (Å²) < 4.78 is 0. The summed E-state index contributed by atoms with van der Waals surface area (Å²) in [7, 11) is 0. The summed E-state index contributed by atoms with van der Waals surface area (Å²) in [6, 6.07) is -0.652. The third-order valence-electron chi connectivity index (χ3n) is 2.70. The molecule has 1 aliphatic heterocycles. The number of likely N-dealkylation sites (tertiary alicyclic amines) is 1. The van der Waals surface area contributed by atoms with Gasteiger partial charge >= 0.3 is 12.0 Å². The van der Waals surface area contributed by atoms with Gasteiger partial charge in [0.15, 0.2) is 0 Å². The first-order chi connectivity index (χ1) is 8.88. The van der Waals surface area contributed by atoms with Crippen molar-refractivity contribution in [3.63, 3.8) is 0 Å². The van der Waals surface area contributed by atoms with Gasteiger partial charge in [0.25, 0.3) is 0 Å². The Morgan fingerprint density at radius 2 is 1.95 bits per heavy atom. The summed E-state index contributed by atoms with van der Waals surface area (Å²) in [6.45, 7) is 2.19. The van der Waals surface area contributed by atoms with Gasteiger partial charge in [-0.3, -0.25) is 19.7 Å². The number of carbonyl (C=O) groups is 4. The van der Waals surface area contributed by atoms with Crippen LogP contribution in [-0.2, 0) is 14.4 Å². The van der Waals surface area contributed by atoms with Gasteiger partial charge in [0.1, 0.15) is 0 Å². The summed E-state index contributed by atoms with van der Waals surface area (Å²) in [4.78, 5) is 45.5. The Bertz CT molecular complexity index is 396. The molecule has 0 aromatic carbocycles. The first kappa shape index (κ1) is 14.9. The molecule has 1 unspecified atom stereocenters. The predicted molar refractivity (Wildman–Crippen MR) is 64.2 cm³/mol. The largest absolute Gasteiger partial charge is 0.481 e. The van der Waals surface area contributed by atoms with E-state index in [4.69, 9.17) is 5.11 Å². The molecule has 0 aliphatic carbocycles. The number of nitrogens with zero attached hydrogens (tertiary/aromatic N) is 1. The van der Waals surface area contributed by atoms with Crippen LogP contribution in [0, 0.1) is 0 Å². The molecule has 0 bridgehead atoms. The molecule has 8 heteroatoms. The molecule has 0 aromatic heterocycles. The van der Waals surface area contributed by atoms with E-state index >= 15 is 0 Å². The van der Waals surface area contributed by atoms with Crippen LogP contribution in [0.25, 0.3) is 0 Å². The van der Waals surface area contributed by atoms with Gasteiger partial charge in [-0.05, 0) is 6.42 Å². The smallest absolute Gasteiger partial charge is 0.324 e. The Hall–Kier alpha value is -2.12. The second kappa shape index (κ2) is 6.72. The molecule has 0 aromatic rings. The van der Waals surface area contributed by atoms with E-state index in [0.717, 1.165) is 0 Å². The lowest BCUT2D eigenvalue weighted by Gasteiger charge is -2.16. The summed E-state index contributed by atoms with van der Waals surface area (Å²) in [5, 5.41) is 13.2. The van der Waals surface area contributed by atoms with Crippen LogP contribution in [-0.4, -0.2) is 53.0 Å². The summed E-state index contributed by atoms with van der Waals surface area (Å²) in [5.41, 5.74) is 0. The maximum Gasteiger partial charge on any atom is 0.324 e. The van der Waals surface area contributed by atoms with Gasteiger partial charge in [-0.25, -0.2) is 4.79 Å². The van der Waals surface area contributed by atoms with Gasteiger partial charge in [-0.1, -0.05) is 0 Å². The van der Waals surface area contributed by atoms with Crippen LogP contribution in [0.3, 0.4) is 0 Å². The lowest BCUT2D eigenvalue weighted by molar-refractivity contribution is -0.138. The number of amides is 4. The molecule has 1 heterocycles. The van der Waals surface area contributed by atoms with Crippen LogP contribution in [0.2, 0.25) is 0 Å². The molecule has 3 N–H and O–H groups in total. The number of imide groups is 1. The molecule has 0 spiro atoms. The summed E-state index contributed by atoms with van der Waals surface area (Å²) >= 11 is 0. The number of carbonyl (C=O) groups excluding carboxylic acids is 3. The quantitative estimate of drug-likeness (QED) is 0.625. The molecule has 19 heavy (non-hydrogen) atoms. The third kappa shape index (κ3) is 5.36. The Morgan fingerprint density at radius 3 is 2.53 bits per heavy atom. The fraction of sp³-hybridized carbons (Fsp3) is 0.636. The Kier molecular flexibility index (Phi) is 5.28. The normalized spacial score (nSPS) is 17.9. The predicted octanol–water partition coefficient (Wildman–Crippen LogP) is -0.702. The maximum absolute atomic E-state index is 11.7. The number of carboxylic acids is 1. The lowest BCUT2D eigenvalue weighted by Crippen LogP contribution is -2.43. The molecular formula is C11H17N3O5. The van der Waals surface area contributed by atoms with Crippen molar-refractivity contribution in [3.8, 4) is 0 Å². The standard InChI is InChI=1S/C11H17N3O5/c1-7(15)12-8-4-5-14(6-8)11(19)13-9(16)2-3-10(17)18/h8H,2-6H2,1H3,(H,12,15)(H,17,18)(H,13,16,19). The van der Waals surface area contributed by atoms with Gasteiger partial charge in [0.2, 0.25) is 11.8 Å². The van der Waals surface area contributed by atoms with E-state index in [2.05, 4.69) is 10.6 Å². The molecule has 1 aliphatic rings. The molecule has 1 saturated heterocycles. The van der Waals surface area contributed by atoms with E-state index in [1.54, 1.807) is 0 Å². The van der Waals surface area contributed by atoms with Crippen LogP contribution in [0.5, 0.6) is 0 Å². The molecular weight excluding hydrogens is 254 g/mol. The van der Waals surface area contributed by atoms with Crippen LogP contribution < -0.4 is 10.6 Å². The molecule has 8 nitrogen and oxygen atoms in total. The first-order valence-corrected chi connectivity index (χ1v) is 5.96. The Labute approximate surface area is 110 Å². The van der Waals surface area contributed by atoms with Crippen molar-refractivity contribution in [2.45, 2.75) is 32.2 Å². The van der Waals surface area contributed by atoms with Crippen molar-refractivity contribution in [2.24, 2.45) is 0 Å². The molecule has 106 valence electrons. The number of urea groups is 1. The van der Waals surface area contributed by atoms with Crippen LogP contribution >= 0.6 is 0 Å². The van der Waals surface area contributed by atoms with E-state index in [1.807, 2.05) is 0 Å². The highest BCUT2D eigenvalue weighted by Crippen LogP contribution is 2.09. The number of rotatable bonds is 4. The minimum Gasteiger partial charge on any atom is -0.481 e. The van der Waals surface area contributed by atoms with Crippen molar-refractivity contribution in [3.05, 3.63) is 0 Å². The monoisotopic (exact) mass is 271 g/mol. The van der Waals surface area contributed by atoms with Crippen LogP contribution in [0.1, 0.15) is 26.2 Å². The SMILES string of the molecule is CC(=O)NC1CCN(C(=O)NC(=O)CCC(=O)O)C1. The second-order valence-corrected chi connectivity index (χ2v) is 4.38. The van der Waals surface area contributed by atoms with Crippen LogP contribution in [0.4, 0.5) is 4.79 Å². The van der Waals surface area contributed by atoms with Crippen molar-refractivity contribution >= 4 is 23.8 Å². The maximum atomic E-state index is 11.7. The lowest BCUT2D eigenvalue weighted by atomic mass is 10.3. The summed E-state index contributed by atoms with van der Waals surface area (Å²) in [5.74, 6) is -1.87. The zero-order chi connectivity index (χ0) is 14.4. The third-order valence-corrected chi connectivity index (χ3v) is 2.70. The number of aliphatic carboxylic acids is 1. The van der Waals surface area contributed by atoms with Gasteiger partial charge in [-0.2, -0.15) is 0 Å². The minimum absolute atomic E-state index is 0.0997. The Morgan fingerprint density at radius 1 is 1.26 bits per heavy atom. The van der Waals surface area contributed by atoms with Gasteiger partial charge in [0, 0.05) is 32.5 Å². The molecule has 4 amide bonds. The zero-order valence-corrected chi connectivity index (χ0v) is 10.6. The molecule has 1 atom stereocenters. The average Bonchev–Trinajstić information content (AvgIpc) is 2.74. The number of hydrogen-bond donors (Lipinski definition) is 3. The highest BCUT2D eigenvalue weighted by molar-refractivity contribution is 5.95. The number of carboxylic acid groups (broad SMARTS) is 1. The van der Waals surface area contributed by atoms with E-state index in [1.165, 1.54) is 11.8 Å². The van der Waals surface area contributed by atoms with E-state index in [9.17, 15) is 19.2 Å². The van der Waals surface area contributed by atoms with Gasteiger partial charge in [-0.15, -0.1) is 0 Å². The molecule has 1 fully saturated rings. The van der Waals surface area contributed by atoms with Crippen molar-refractivity contribution in [1.82, 2.24) is 15.5 Å². The topological polar surface area (TPSA) is 116 Å². The zero-order valence-electron chi connectivity index (χ0n) is 10.6. The Balaban J connectivity index is 2.32. The molecule has 0 radical (unpaired) electrons. The first-order valence-electron chi connectivity index (χ1n) is 5.96. The fourth-order valence-electron chi connectivity index (χ4n) is 1.83.